The van der Waals surface area contributed by atoms with Gasteiger partial charge in [0, 0.05) is 37.5 Å². The lowest BCUT2D eigenvalue weighted by molar-refractivity contribution is -0.146. The van der Waals surface area contributed by atoms with Gasteiger partial charge < -0.3 is 14.8 Å². The molecule has 2 atom stereocenters. The van der Waals surface area contributed by atoms with Crippen LogP contribution in [0.1, 0.15) is 19.3 Å². The normalized spacial score (nSPS) is 28.2. The van der Waals surface area contributed by atoms with Crippen molar-refractivity contribution in [3.8, 4) is 0 Å². The first kappa shape index (κ1) is 16.7. The van der Waals surface area contributed by atoms with Gasteiger partial charge in [-0.3, -0.25) is 9.69 Å². The van der Waals surface area contributed by atoms with E-state index >= 15 is 0 Å². The Kier molecular flexibility index (Phi) is 5.21. The number of amides is 1. The van der Waals surface area contributed by atoms with E-state index < -0.39 is 0 Å². The lowest BCUT2D eigenvalue weighted by Crippen LogP contribution is -2.58. The standard InChI is InChI=1S/C17H23ClN2O3/c1-22-15-7-9-20(12-17(15)8-2-10-23-17)11-16(21)19-14-5-3-13(18)4-6-14/h3-6,15H,2,7-12H2,1H3,(H,19,21)/t15-,17-/m1/s1. The number of ether oxygens (including phenoxy) is 2. The highest BCUT2D eigenvalue weighted by Crippen LogP contribution is 2.36. The lowest BCUT2D eigenvalue weighted by atomic mass is 9.87. The van der Waals surface area contributed by atoms with Crippen LogP contribution in [-0.2, 0) is 14.3 Å². The minimum Gasteiger partial charge on any atom is -0.378 e. The van der Waals surface area contributed by atoms with E-state index in [4.69, 9.17) is 21.1 Å². The molecule has 2 fully saturated rings. The zero-order chi connectivity index (χ0) is 16.3. The van der Waals surface area contributed by atoms with Crippen LogP contribution in [0.25, 0.3) is 0 Å². The number of hydrogen-bond donors (Lipinski definition) is 1. The molecule has 1 N–H and O–H groups in total. The third-order valence-electron chi connectivity index (χ3n) is 4.70. The van der Waals surface area contributed by atoms with Crippen molar-refractivity contribution in [1.82, 2.24) is 4.90 Å². The van der Waals surface area contributed by atoms with Crippen molar-refractivity contribution in [2.75, 3.05) is 38.7 Å². The number of benzene rings is 1. The van der Waals surface area contributed by atoms with Gasteiger partial charge in [-0.25, -0.2) is 0 Å². The molecule has 2 aliphatic rings. The Labute approximate surface area is 141 Å². The Morgan fingerprint density at radius 3 is 2.91 bits per heavy atom. The Morgan fingerprint density at radius 2 is 2.26 bits per heavy atom. The molecule has 3 rings (SSSR count). The lowest BCUT2D eigenvalue weighted by Gasteiger charge is -2.44. The largest absolute Gasteiger partial charge is 0.378 e. The average molecular weight is 339 g/mol. The van der Waals surface area contributed by atoms with Crippen LogP contribution in [-0.4, -0.2) is 55.9 Å². The maximum atomic E-state index is 12.3. The van der Waals surface area contributed by atoms with Crippen molar-refractivity contribution >= 4 is 23.2 Å². The van der Waals surface area contributed by atoms with Gasteiger partial charge in [-0.05, 0) is 43.5 Å². The van der Waals surface area contributed by atoms with Crippen LogP contribution >= 0.6 is 11.6 Å². The van der Waals surface area contributed by atoms with E-state index in [2.05, 4.69) is 10.2 Å². The first-order chi connectivity index (χ1) is 11.1. The predicted molar refractivity (Wildman–Crippen MR) is 89.9 cm³/mol. The van der Waals surface area contributed by atoms with E-state index in [0.717, 1.165) is 44.6 Å². The summed E-state index contributed by atoms with van der Waals surface area (Å²) >= 11 is 5.85. The first-order valence-corrected chi connectivity index (χ1v) is 8.44. The molecule has 2 saturated heterocycles. The van der Waals surface area contributed by atoms with E-state index in [0.29, 0.717) is 11.6 Å². The molecule has 0 aromatic heterocycles. The molecule has 0 bridgehead atoms. The number of nitrogens with one attached hydrogen (secondary N) is 1. The van der Waals surface area contributed by atoms with Gasteiger partial charge in [-0.15, -0.1) is 0 Å². The van der Waals surface area contributed by atoms with Gasteiger partial charge in [0.25, 0.3) is 0 Å². The number of anilines is 1. The second kappa shape index (κ2) is 7.18. The van der Waals surface area contributed by atoms with E-state index in [1.54, 1.807) is 31.4 Å². The van der Waals surface area contributed by atoms with Crippen LogP contribution in [0, 0.1) is 0 Å². The predicted octanol–water partition coefficient (Wildman–Crippen LogP) is 2.55. The van der Waals surface area contributed by atoms with Gasteiger partial charge in [0.15, 0.2) is 0 Å². The molecule has 2 aliphatic heterocycles. The van der Waals surface area contributed by atoms with Crippen molar-refractivity contribution in [3.63, 3.8) is 0 Å². The highest BCUT2D eigenvalue weighted by atomic mass is 35.5. The number of rotatable bonds is 4. The Balaban J connectivity index is 1.57. The van der Waals surface area contributed by atoms with Crippen molar-refractivity contribution in [1.29, 1.82) is 0 Å². The summed E-state index contributed by atoms with van der Waals surface area (Å²) in [4.78, 5) is 14.4. The third kappa shape index (κ3) is 3.86. The molecule has 1 aromatic rings. The van der Waals surface area contributed by atoms with Crippen LogP contribution in [0.2, 0.25) is 5.02 Å². The number of carbonyl (C=O) groups excluding carboxylic acids is 1. The maximum absolute atomic E-state index is 12.3. The molecule has 0 aliphatic carbocycles. The van der Waals surface area contributed by atoms with Crippen LogP contribution in [0.3, 0.4) is 0 Å². The number of carbonyl (C=O) groups is 1. The Bertz CT molecular complexity index is 543. The van der Waals surface area contributed by atoms with Gasteiger partial charge in [-0.2, -0.15) is 0 Å². The molecule has 0 unspecified atom stereocenters. The second-order valence-corrected chi connectivity index (χ2v) is 6.73. The number of methoxy groups -OCH3 is 1. The van der Waals surface area contributed by atoms with Crippen LogP contribution in [0.15, 0.2) is 24.3 Å². The van der Waals surface area contributed by atoms with Crippen LogP contribution in [0.4, 0.5) is 5.69 Å². The van der Waals surface area contributed by atoms with Crippen LogP contribution < -0.4 is 5.32 Å². The fourth-order valence-electron chi connectivity index (χ4n) is 3.62. The Morgan fingerprint density at radius 1 is 1.48 bits per heavy atom. The van der Waals surface area contributed by atoms with Gasteiger partial charge in [0.2, 0.25) is 5.91 Å². The summed E-state index contributed by atoms with van der Waals surface area (Å²) in [6, 6.07) is 7.14. The van der Waals surface area contributed by atoms with Gasteiger partial charge >= 0.3 is 0 Å². The fourth-order valence-corrected chi connectivity index (χ4v) is 3.75. The zero-order valence-corrected chi connectivity index (χ0v) is 14.1. The Hall–Kier alpha value is -1.14. The number of piperidine rings is 1. The number of likely N-dealkylation sites (tertiary alicyclic amines) is 1. The molecule has 1 spiro atoms. The minimum absolute atomic E-state index is 0.0173. The SMILES string of the molecule is CO[C@@H]1CCN(CC(=O)Nc2ccc(Cl)cc2)C[C@]12CCCO2. The highest BCUT2D eigenvalue weighted by molar-refractivity contribution is 6.30. The summed E-state index contributed by atoms with van der Waals surface area (Å²) in [5.41, 5.74) is 0.520. The molecule has 23 heavy (non-hydrogen) atoms. The average Bonchev–Trinajstić information content (AvgIpc) is 2.98. The summed E-state index contributed by atoms with van der Waals surface area (Å²) in [6.07, 6.45) is 3.08. The van der Waals surface area contributed by atoms with Crippen molar-refractivity contribution in [2.45, 2.75) is 31.0 Å². The number of halogens is 1. The molecular weight excluding hydrogens is 316 g/mol. The molecule has 0 saturated carbocycles. The first-order valence-electron chi connectivity index (χ1n) is 8.06. The van der Waals surface area contributed by atoms with Crippen molar-refractivity contribution < 1.29 is 14.3 Å². The summed E-state index contributed by atoms with van der Waals surface area (Å²) in [5.74, 6) is -0.0173. The topological polar surface area (TPSA) is 50.8 Å². The van der Waals surface area contributed by atoms with Crippen molar-refractivity contribution in [2.24, 2.45) is 0 Å². The molecule has 1 amide bonds. The zero-order valence-electron chi connectivity index (χ0n) is 13.4. The molecular formula is C17H23ClN2O3. The van der Waals surface area contributed by atoms with E-state index in [1.807, 2.05) is 0 Å². The van der Waals surface area contributed by atoms with Crippen LogP contribution in [0.5, 0.6) is 0 Å². The molecule has 126 valence electrons. The van der Waals surface area contributed by atoms with E-state index in [9.17, 15) is 4.79 Å². The second-order valence-electron chi connectivity index (χ2n) is 6.30. The number of hydrogen-bond acceptors (Lipinski definition) is 4. The smallest absolute Gasteiger partial charge is 0.238 e. The maximum Gasteiger partial charge on any atom is 0.238 e. The summed E-state index contributed by atoms with van der Waals surface area (Å²) in [6.45, 7) is 2.74. The van der Waals surface area contributed by atoms with Gasteiger partial charge in [0.05, 0.1) is 12.6 Å². The van der Waals surface area contributed by atoms with E-state index in [1.165, 1.54) is 0 Å². The molecule has 0 radical (unpaired) electrons. The summed E-state index contributed by atoms with van der Waals surface area (Å²) in [7, 11) is 1.75. The quantitative estimate of drug-likeness (QED) is 0.916. The fraction of sp³-hybridized carbons (Fsp3) is 0.588. The summed E-state index contributed by atoms with van der Waals surface area (Å²) in [5, 5.41) is 3.57. The molecule has 5 nitrogen and oxygen atoms in total. The van der Waals surface area contributed by atoms with E-state index in [-0.39, 0.29) is 17.6 Å². The van der Waals surface area contributed by atoms with Gasteiger partial charge in [0.1, 0.15) is 5.60 Å². The summed E-state index contributed by atoms with van der Waals surface area (Å²) < 4.78 is 11.6. The van der Waals surface area contributed by atoms with Gasteiger partial charge in [-0.1, -0.05) is 11.6 Å². The molecule has 1 aromatic carbocycles. The molecule has 6 heteroatoms. The third-order valence-corrected chi connectivity index (χ3v) is 4.95. The van der Waals surface area contributed by atoms with Crippen molar-refractivity contribution in [3.05, 3.63) is 29.3 Å². The number of nitrogens with zero attached hydrogens (tertiary/aromatic N) is 1. The minimum atomic E-state index is -0.243. The monoisotopic (exact) mass is 338 g/mol. The highest BCUT2D eigenvalue weighted by Gasteiger charge is 2.47. The molecule has 2 heterocycles.